The quantitative estimate of drug-likeness (QED) is 0.856. The molecule has 0 aliphatic carbocycles. The van der Waals surface area contributed by atoms with Crippen molar-refractivity contribution in [2.24, 2.45) is 0 Å². The largest absolute Gasteiger partial charge is 0.478 e. The van der Waals surface area contributed by atoms with E-state index in [1.54, 1.807) is 12.1 Å². The molecular formula is C19H21ClN2O2. The van der Waals surface area contributed by atoms with Crippen LogP contribution in [0.25, 0.3) is 0 Å². The Labute approximate surface area is 147 Å². The van der Waals surface area contributed by atoms with Crippen molar-refractivity contribution in [3.8, 4) is 0 Å². The molecule has 1 unspecified atom stereocenters. The average Bonchev–Trinajstić information content (AvgIpc) is 2.58. The van der Waals surface area contributed by atoms with Crippen LogP contribution in [-0.2, 0) is 6.54 Å². The number of anilines is 1. The fourth-order valence-corrected chi connectivity index (χ4v) is 3.37. The van der Waals surface area contributed by atoms with Gasteiger partial charge in [0.1, 0.15) is 0 Å². The lowest BCUT2D eigenvalue weighted by Crippen LogP contribution is -2.41. The van der Waals surface area contributed by atoms with E-state index >= 15 is 0 Å². The van der Waals surface area contributed by atoms with Gasteiger partial charge in [0.2, 0.25) is 0 Å². The monoisotopic (exact) mass is 344 g/mol. The van der Waals surface area contributed by atoms with E-state index in [2.05, 4.69) is 34.5 Å². The van der Waals surface area contributed by atoms with E-state index in [4.69, 9.17) is 11.6 Å². The van der Waals surface area contributed by atoms with Gasteiger partial charge in [-0.05, 0) is 43.1 Å². The number of rotatable bonds is 5. The van der Waals surface area contributed by atoms with Crippen LogP contribution in [0.2, 0.25) is 5.02 Å². The molecule has 1 aliphatic heterocycles. The molecule has 5 heteroatoms. The van der Waals surface area contributed by atoms with Crippen LogP contribution in [0.3, 0.4) is 0 Å². The number of halogens is 1. The van der Waals surface area contributed by atoms with Gasteiger partial charge in [-0.3, -0.25) is 4.90 Å². The molecule has 0 bridgehead atoms. The second kappa shape index (κ2) is 7.69. The molecule has 1 atom stereocenters. The minimum atomic E-state index is -1.00. The Morgan fingerprint density at radius 3 is 2.79 bits per heavy atom. The van der Waals surface area contributed by atoms with Gasteiger partial charge in [0, 0.05) is 24.8 Å². The Balaban J connectivity index is 1.63. The van der Waals surface area contributed by atoms with Crippen molar-refractivity contribution in [2.45, 2.75) is 25.4 Å². The van der Waals surface area contributed by atoms with Crippen LogP contribution in [0.5, 0.6) is 0 Å². The number of hydrogen-bond acceptors (Lipinski definition) is 3. The fraction of sp³-hybridized carbons (Fsp3) is 0.316. The normalized spacial score (nSPS) is 18.3. The highest BCUT2D eigenvalue weighted by Crippen LogP contribution is 2.23. The van der Waals surface area contributed by atoms with Crippen LogP contribution in [0, 0.1) is 0 Å². The van der Waals surface area contributed by atoms with Crippen LogP contribution in [0.4, 0.5) is 5.69 Å². The van der Waals surface area contributed by atoms with E-state index in [0.717, 1.165) is 38.2 Å². The van der Waals surface area contributed by atoms with E-state index in [0.29, 0.717) is 6.04 Å². The summed E-state index contributed by atoms with van der Waals surface area (Å²) in [5, 5.41) is 12.9. The Bertz CT molecular complexity index is 706. The summed E-state index contributed by atoms with van der Waals surface area (Å²) in [6.45, 7) is 2.98. The lowest BCUT2D eigenvalue weighted by molar-refractivity contribution is 0.0697. The molecule has 3 rings (SSSR count). The highest BCUT2D eigenvalue weighted by atomic mass is 35.5. The zero-order valence-electron chi connectivity index (χ0n) is 13.4. The topological polar surface area (TPSA) is 52.6 Å². The first-order chi connectivity index (χ1) is 11.6. The zero-order chi connectivity index (χ0) is 16.9. The molecule has 4 nitrogen and oxygen atoms in total. The number of piperidine rings is 1. The molecule has 2 aromatic rings. The summed E-state index contributed by atoms with van der Waals surface area (Å²) in [7, 11) is 0. The van der Waals surface area contributed by atoms with Gasteiger partial charge in [0.05, 0.1) is 10.6 Å². The molecule has 1 fully saturated rings. The summed E-state index contributed by atoms with van der Waals surface area (Å²) < 4.78 is 0. The Hall–Kier alpha value is -2.04. The SMILES string of the molecule is O=C(O)c1cc(NC2CCCN(Cc3ccccc3)C2)ccc1Cl. The summed E-state index contributed by atoms with van der Waals surface area (Å²) in [6.07, 6.45) is 2.21. The van der Waals surface area contributed by atoms with E-state index < -0.39 is 5.97 Å². The Morgan fingerprint density at radius 1 is 1.25 bits per heavy atom. The average molecular weight is 345 g/mol. The number of hydrogen-bond donors (Lipinski definition) is 2. The lowest BCUT2D eigenvalue weighted by atomic mass is 10.0. The second-order valence-corrected chi connectivity index (χ2v) is 6.61. The highest BCUT2D eigenvalue weighted by molar-refractivity contribution is 6.33. The van der Waals surface area contributed by atoms with Crippen LogP contribution in [0.15, 0.2) is 48.5 Å². The highest BCUT2D eigenvalue weighted by Gasteiger charge is 2.20. The molecule has 1 heterocycles. The van der Waals surface area contributed by atoms with Gasteiger partial charge in [-0.2, -0.15) is 0 Å². The molecule has 0 radical (unpaired) electrons. The van der Waals surface area contributed by atoms with Gasteiger partial charge >= 0.3 is 5.97 Å². The first kappa shape index (κ1) is 16.8. The predicted octanol–water partition coefficient (Wildman–Crippen LogP) is 4.11. The van der Waals surface area contributed by atoms with Crippen molar-refractivity contribution in [3.05, 3.63) is 64.7 Å². The summed E-state index contributed by atoms with van der Waals surface area (Å²) in [5.41, 5.74) is 2.26. The molecule has 1 aliphatic rings. The van der Waals surface area contributed by atoms with Crippen LogP contribution < -0.4 is 5.32 Å². The number of aromatic carboxylic acids is 1. The van der Waals surface area contributed by atoms with E-state index in [9.17, 15) is 9.90 Å². The minimum absolute atomic E-state index is 0.138. The molecule has 2 aromatic carbocycles. The van der Waals surface area contributed by atoms with Crippen molar-refractivity contribution in [3.63, 3.8) is 0 Å². The molecular weight excluding hydrogens is 324 g/mol. The third kappa shape index (κ3) is 4.28. The zero-order valence-corrected chi connectivity index (χ0v) is 14.2. The van der Waals surface area contributed by atoms with Gasteiger partial charge in [-0.1, -0.05) is 41.9 Å². The first-order valence-electron chi connectivity index (χ1n) is 8.17. The van der Waals surface area contributed by atoms with Crippen LogP contribution >= 0.6 is 11.6 Å². The minimum Gasteiger partial charge on any atom is -0.478 e. The molecule has 0 aromatic heterocycles. The third-order valence-electron chi connectivity index (χ3n) is 4.32. The van der Waals surface area contributed by atoms with Crippen molar-refractivity contribution >= 4 is 23.3 Å². The number of nitrogens with zero attached hydrogens (tertiary/aromatic N) is 1. The number of carbonyl (C=O) groups is 1. The maximum Gasteiger partial charge on any atom is 0.337 e. The van der Waals surface area contributed by atoms with E-state index in [1.165, 1.54) is 5.56 Å². The molecule has 0 spiro atoms. The van der Waals surface area contributed by atoms with Crippen molar-refractivity contribution in [2.75, 3.05) is 18.4 Å². The van der Waals surface area contributed by atoms with Gasteiger partial charge in [-0.25, -0.2) is 4.79 Å². The summed E-state index contributed by atoms with van der Waals surface area (Å²) in [5.74, 6) is -1.00. The smallest absolute Gasteiger partial charge is 0.337 e. The molecule has 24 heavy (non-hydrogen) atoms. The molecule has 0 saturated carbocycles. The second-order valence-electron chi connectivity index (χ2n) is 6.20. The summed E-state index contributed by atoms with van der Waals surface area (Å²) in [4.78, 5) is 13.6. The number of benzene rings is 2. The summed E-state index contributed by atoms with van der Waals surface area (Å²) >= 11 is 5.93. The van der Waals surface area contributed by atoms with Gasteiger partial charge in [0.25, 0.3) is 0 Å². The number of nitrogens with one attached hydrogen (secondary N) is 1. The van der Waals surface area contributed by atoms with E-state index in [1.807, 2.05) is 12.1 Å². The van der Waals surface area contributed by atoms with Crippen molar-refractivity contribution in [1.82, 2.24) is 4.90 Å². The molecule has 2 N–H and O–H groups in total. The first-order valence-corrected chi connectivity index (χ1v) is 8.55. The molecule has 0 amide bonds. The lowest BCUT2D eigenvalue weighted by Gasteiger charge is -2.33. The third-order valence-corrected chi connectivity index (χ3v) is 4.65. The maximum atomic E-state index is 11.2. The predicted molar refractivity (Wildman–Crippen MR) is 96.8 cm³/mol. The van der Waals surface area contributed by atoms with E-state index in [-0.39, 0.29) is 10.6 Å². The Kier molecular flexibility index (Phi) is 5.38. The standard InChI is InChI=1S/C19H21ClN2O2/c20-18-9-8-15(11-17(18)19(23)24)21-16-7-4-10-22(13-16)12-14-5-2-1-3-6-14/h1-3,5-6,8-9,11,16,21H,4,7,10,12-13H2,(H,23,24). The van der Waals surface area contributed by atoms with Crippen molar-refractivity contribution in [1.29, 1.82) is 0 Å². The van der Waals surface area contributed by atoms with Crippen LogP contribution in [0.1, 0.15) is 28.8 Å². The van der Waals surface area contributed by atoms with Gasteiger partial charge in [0.15, 0.2) is 0 Å². The number of likely N-dealkylation sites (tertiary alicyclic amines) is 1. The summed E-state index contributed by atoms with van der Waals surface area (Å²) in [6, 6.07) is 15.9. The fourth-order valence-electron chi connectivity index (χ4n) is 3.17. The van der Waals surface area contributed by atoms with Gasteiger partial charge in [-0.15, -0.1) is 0 Å². The molecule has 1 saturated heterocycles. The maximum absolute atomic E-state index is 11.2. The molecule has 126 valence electrons. The van der Waals surface area contributed by atoms with Gasteiger partial charge < -0.3 is 10.4 Å². The number of carboxylic acids is 1. The van der Waals surface area contributed by atoms with Crippen molar-refractivity contribution < 1.29 is 9.90 Å². The Morgan fingerprint density at radius 2 is 2.04 bits per heavy atom. The number of carboxylic acid groups (broad SMARTS) is 1. The van der Waals surface area contributed by atoms with Crippen LogP contribution in [-0.4, -0.2) is 35.1 Å².